The number of amidine groups is 1. The Morgan fingerprint density at radius 1 is 1.15 bits per heavy atom. The van der Waals surface area contributed by atoms with Gasteiger partial charge in [-0.2, -0.15) is 0 Å². The van der Waals surface area contributed by atoms with Gasteiger partial charge in [0, 0.05) is 12.5 Å². The number of rotatable bonds is 11. The molecule has 0 spiro atoms. The third-order valence-electron chi connectivity index (χ3n) is 3.40. The SMILES string of the molecule is CCCCCCCCCC(=O)N(CC(N)=NO)C(C)C. The summed E-state index contributed by atoms with van der Waals surface area (Å²) in [5, 5.41) is 11.5. The van der Waals surface area contributed by atoms with Gasteiger partial charge in [0.1, 0.15) is 0 Å². The van der Waals surface area contributed by atoms with Crippen molar-refractivity contribution in [3.63, 3.8) is 0 Å². The van der Waals surface area contributed by atoms with Crippen molar-refractivity contribution >= 4 is 11.7 Å². The van der Waals surface area contributed by atoms with E-state index in [1.807, 2.05) is 13.8 Å². The van der Waals surface area contributed by atoms with E-state index in [-0.39, 0.29) is 24.3 Å². The van der Waals surface area contributed by atoms with Crippen LogP contribution in [0.15, 0.2) is 5.16 Å². The Kier molecular flexibility index (Phi) is 10.8. The second-order valence-corrected chi connectivity index (χ2v) is 5.58. The summed E-state index contributed by atoms with van der Waals surface area (Å²) in [5.41, 5.74) is 5.48. The van der Waals surface area contributed by atoms with Gasteiger partial charge in [-0.05, 0) is 20.3 Å². The fourth-order valence-electron chi connectivity index (χ4n) is 2.14. The van der Waals surface area contributed by atoms with Crippen LogP contribution in [0.1, 0.15) is 72.1 Å². The molecule has 3 N–H and O–H groups in total. The average Bonchev–Trinajstić information content (AvgIpc) is 2.42. The predicted molar refractivity (Wildman–Crippen MR) is 82.9 cm³/mol. The maximum Gasteiger partial charge on any atom is 0.223 e. The second kappa shape index (κ2) is 11.6. The van der Waals surface area contributed by atoms with Gasteiger partial charge in [0.25, 0.3) is 0 Å². The molecule has 1 amide bonds. The van der Waals surface area contributed by atoms with E-state index in [9.17, 15) is 4.79 Å². The summed E-state index contributed by atoms with van der Waals surface area (Å²) in [4.78, 5) is 13.8. The molecule has 20 heavy (non-hydrogen) atoms. The standard InChI is InChI=1S/C15H31N3O2/c1-4-5-6-7-8-9-10-11-15(19)18(13(2)3)12-14(16)17-20/h13,20H,4-12H2,1-3H3,(H2,16,17). The quantitative estimate of drug-likeness (QED) is 0.201. The molecule has 0 aromatic heterocycles. The number of nitrogens with two attached hydrogens (primary N) is 1. The van der Waals surface area contributed by atoms with Gasteiger partial charge in [0.15, 0.2) is 5.84 Å². The lowest BCUT2D eigenvalue weighted by Gasteiger charge is -2.26. The van der Waals surface area contributed by atoms with E-state index in [1.54, 1.807) is 4.90 Å². The molecule has 0 heterocycles. The molecule has 0 saturated heterocycles. The number of hydrogen-bond acceptors (Lipinski definition) is 3. The second-order valence-electron chi connectivity index (χ2n) is 5.58. The Hall–Kier alpha value is -1.26. The first-order valence-electron chi connectivity index (χ1n) is 7.78. The molecule has 0 bridgehead atoms. The zero-order chi connectivity index (χ0) is 15.4. The summed E-state index contributed by atoms with van der Waals surface area (Å²) in [6.45, 7) is 6.28. The maximum absolute atomic E-state index is 12.1. The fraction of sp³-hybridized carbons (Fsp3) is 0.867. The third kappa shape index (κ3) is 8.77. The molecule has 0 aliphatic rings. The highest BCUT2D eigenvalue weighted by molar-refractivity contribution is 5.87. The van der Waals surface area contributed by atoms with Gasteiger partial charge in [-0.25, -0.2) is 0 Å². The highest BCUT2D eigenvalue weighted by Gasteiger charge is 2.17. The van der Waals surface area contributed by atoms with E-state index in [4.69, 9.17) is 10.9 Å². The van der Waals surface area contributed by atoms with Crippen LogP contribution in [0.4, 0.5) is 0 Å². The van der Waals surface area contributed by atoms with Gasteiger partial charge in [-0.1, -0.05) is 50.6 Å². The molecule has 0 saturated carbocycles. The van der Waals surface area contributed by atoms with E-state index in [1.165, 1.54) is 32.1 Å². The summed E-state index contributed by atoms with van der Waals surface area (Å²) in [7, 11) is 0. The molecule has 5 heteroatoms. The lowest BCUT2D eigenvalue weighted by atomic mass is 10.1. The molecular weight excluding hydrogens is 254 g/mol. The molecule has 0 aliphatic carbocycles. The molecule has 0 radical (unpaired) electrons. The van der Waals surface area contributed by atoms with Gasteiger partial charge in [-0.15, -0.1) is 0 Å². The minimum atomic E-state index is 0.0624. The van der Waals surface area contributed by atoms with Crippen molar-refractivity contribution in [1.82, 2.24) is 4.90 Å². The van der Waals surface area contributed by atoms with Crippen LogP contribution >= 0.6 is 0 Å². The summed E-state index contributed by atoms with van der Waals surface area (Å²) in [6, 6.07) is 0.0624. The van der Waals surface area contributed by atoms with Crippen LogP contribution in [0.5, 0.6) is 0 Å². The van der Waals surface area contributed by atoms with Crippen molar-refractivity contribution < 1.29 is 10.0 Å². The Balaban J connectivity index is 3.91. The van der Waals surface area contributed by atoms with Crippen molar-refractivity contribution in [3.8, 4) is 0 Å². The maximum atomic E-state index is 12.1. The van der Waals surface area contributed by atoms with Crippen LogP contribution in [0.2, 0.25) is 0 Å². The summed E-state index contributed by atoms with van der Waals surface area (Å²) in [5.74, 6) is 0.159. The first kappa shape index (κ1) is 18.7. The number of oxime groups is 1. The number of hydrogen-bond donors (Lipinski definition) is 2. The zero-order valence-electron chi connectivity index (χ0n) is 13.3. The Labute approximate surface area is 123 Å². The van der Waals surface area contributed by atoms with Crippen molar-refractivity contribution in [2.45, 2.75) is 78.2 Å². The Bertz CT molecular complexity index is 291. The minimum absolute atomic E-state index is 0.0624. The minimum Gasteiger partial charge on any atom is -0.409 e. The number of nitrogens with zero attached hydrogens (tertiary/aromatic N) is 2. The van der Waals surface area contributed by atoms with Crippen LogP contribution in [-0.4, -0.2) is 34.4 Å². The van der Waals surface area contributed by atoms with Crippen LogP contribution in [0.25, 0.3) is 0 Å². The number of unbranched alkanes of at least 4 members (excludes halogenated alkanes) is 6. The summed E-state index contributed by atoms with van der Waals surface area (Å²) < 4.78 is 0. The Morgan fingerprint density at radius 3 is 2.20 bits per heavy atom. The average molecular weight is 285 g/mol. The first-order chi connectivity index (χ1) is 9.52. The van der Waals surface area contributed by atoms with E-state index < -0.39 is 0 Å². The van der Waals surface area contributed by atoms with Crippen molar-refractivity contribution in [2.24, 2.45) is 10.9 Å². The molecule has 5 nitrogen and oxygen atoms in total. The smallest absolute Gasteiger partial charge is 0.223 e. The molecule has 118 valence electrons. The van der Waals surface area contributed by atoms with Gasteiger partial charge < -0.3 is 15.8 Å². The topological polar surface area (TPSA) is 78.9 Å². The highest BCUT2D eigenvalue weighted by Crippen LogP contribution is 2.10. The summed E-state index contributed by atoms with van der Waals surface area (Å²) >= 11 is 0. The van der Waals surface area contributed by atoms with E-state index in [0.29, 0.717) is 6.42 Å². The summed E-state index contributed by atoms with van der Waals surface area (Å²) in [6.07, 6.45) is 8.90. The molecular formula is C15H31N3O2. The fourth-order valence-corrected chi connectivity index (χ4v) is 2.14. The largest absolute Gasteiger partial charge is 0.409 e. The van der Waals surface area contributed by atoms with E-state index >= 15 is 0 Å². The van der Waals surface area contributed by atoms with E-state index in [0.717, 1.165) is 12.8 Å². The molecule has 0 fully saturated rings. The number of amides is 1. The molecule has 0 atom stereocenters. The van der Waals surface area contributed by atoms with Crippen LogP contribution < -0.4 is 5.73 Å². The highest BCUT2D eigenvalue weighted by atomic mass is 16.4. The van der Waals surface area contributed by atoms with Gasteiger partial charge >= 0.3 is 0 Å². The van der Waals surface area contributed by atoms with Gasteiger partial charge in [-0.3, -0.25) is 4.79 Å². The van der Waals surface area contributed by atoms with Crippen molar-refractivity contribution in [2.75, 3.05) is 6.54 Å². The lowest BCUT2D eigenvalue weighted by Crippen LogP contribution is -2.42. The van der Waals surface area contributed by atoms with Crippen LogP contribution in [0, 0.1) is 0 Å². The van der Waals surface area contributed by atoms with Crippen LogP contribution in [0.3, 0.4) is 0 Å². The normalized spacial score (nSPS) is 11.9. The molecule has 0 aromatic rings. The molecule has 0 rings (SSSR count). The van der Waals surface area contributed by atoms with Crippen molar-refractivity contribution in [1.29, 1.82) is 0 Å². The third-order valence-corrected chi connectivity index (χ3v) is 3.40. The number of carbonyl (C=O) groups excluding carboxylic acids is 1. The van der Waals surface area contributed by atoms with Gasteiger partial charge in [0.05, 0.1) is 6.54 Å². The van der Waals surface area contributed by atoms with Gasteiger partial charge in [0.2, 0.25) is 5.91 Å². The Morgan fingerprint density at radius 2 is 1.70 bits per heavy atom. The first-order valence-corrected chi connectivity index (χ1v) is 7.78. The lowest BCUT2D eigenvalue weighted by molar-refractivity contribution is -0.132. The van der Waals surface area contributed by atoms with Crippen LogP contribution in [-0.2, 0) is 4.79 Å². The number of carbonyl (C=O) groups is 1. The predicted octanol–water partition coefficient (Wildman–Crippen LogP) is 3.11. The zero-order valence-corrected chi connectivity index (χ0v) is 13.3. The molecule has 0 aromatic carbocycles. The molecule has 0 unspecified atom stereocenters. The monoisotopic (exact) mass is 285 g/mol. The molecule has 0 aliphatic heterocycles. The van der Waals surface area contributed by atoms with Crippen molar-refractivity contribution in [3.05, 3.63) is 0 Å². The van der Waals surface area contributed by atoms with E-state index in [2.05, 4.69) is 12.1 Å².